The monoisotopic (exact) mass is 410 g/mol. The summed E-state index contributed by atoms with van der Waals surface area (Å²) in [5, 5.41) is 9.61. The number of nitrogens with zero attached hydrogens (tertiary/aromatic N) is 1. The normalized spacial score (nSPS) is 17.0. The van der Waals surface area contributed by atoms with Gasteiger partial charge in [-0.1, -0.05) is 19.8 Å². The van der Waals surface area contributed by atoms with Gasteiger partial charge in [0.15, 0.2) is 5.96 Å². The molecule has 1 atom stereocenters. The van der Waals surface area contributed by atoms with Crippen LogP contribution >= 0.6 is 24.0 Å². The Hall–Kier alpha value is -0.530. The van der Waals surface area contributed by atoms with Crippen molar-refractivity contribution in [1.29, 1.82) is 0 Å². The number of guanidine groups is 1. The Morgan fingerprint density at radius 1 is 1.29 bits per heavy atom. The lowest BCUT2D eigenvalue weighted by Crippen LogP contribution is -2.42. The van der Waals surface area contributed by atoms with Gasteiger partial charge >= 0.3 is 0 Å². The van der Waals surface area contributed by atoms with Crippen molar-refractivity contribution in [3.05, 3.63) is 0 Å². The summed E-state index contributed by atoms with van der Waals surface area (Å²) in [6.07, 6.45) is 6.26. The predicted octanol–water partition coefficient (Wildman–Crippen LogP) is 2.41. The van der Waals surface area contributed by atoms with E-state index in [1.165, 1.54) is 12.8 Å². The van der Waals surface area contributed by atoms with Gasteiger partial charge in [0.2, 0.25) is 5.91 Å². The van der Waals surface area contributed by atoms with E-state index in [4.69, 9.17) is 0 Å². The van der Waals surface area contributed by atoms with Crippen molar-refractivity contribution >= 4 is 35.8 Å². The van der Waals surface area contributed by atoms with Gasteiger partial charge in [-0.15, -0.1) is 24.0 Å². The molecule has 0 bridgehead atoms. The molecule has 0 aromatic rings. The van der Waals surface area contributed by atoms with Gasteiger partial charge in [0.25, 0.3) is 0 Å². The van der Waals surface area contributed by atoms with Crippen LogP contribution in [0.5, 0.6) is 0 Å². The van der Waals surface area contributed by atoms with Crippen molar-refractivity contribution in [2.45, 2.75) is 71.4 Å². The molecule has 0 aliphatic heterocycles. The molecule has 1 aliphatic carbocycles. The second-order valence-electron chi connectivity index (χ2n) is 5.51. The lowest BCUT2D eigenvalue weighted by Gasteiger charge is -2.16. The molecule has 0 aromatic heterocycles. The van der Waals surface area contributed by atoms with E-state index in [0.29, 0.717) is 25.0 Å². The summed E-state index contributed by atoms with van der Waals surface area (Å²) in [7, 11) is 0. The third kappa shape index (κ3) is 9.16. The van der Waals surface area contributed by atoms with Crippen molar-refractivity contribution in [2.24, 2.45) is 4.99 Å². The van der Waals surface area contributed by atoms with Gasteiger partial charge in [0.1, 0.15) is 0 Å². The average Bonchev–Trinajstić information content (AvgIpc) is 2.91. The zero-order valence-electron chi connectivity index (χ0n) is 13.6. The molecule has 0 heterocycles. The Bertz CT molecular complexity index is 317. The highest BCUT2D eigenvalue weighted by Gasteiger charge is 2.16. The first-order valence-corrected chi connectivity index (χ1v) is 7.99. The number of nitrogens with one attached hydrogen (secondary N) is 3. The number of rotatable bonds is 7. The van der Waals surface area contributed by atoms with Crippen LogP contribution in [-0.4, -0.2) is 37.0 Å². The van der Waals surface area contributed by atoms with Crippen LogP contribution in [0.15, 0.2) is 4.99 Å². The fourth-order valence-corrected chi connectivity index (χ4v) is 2.29. The molecular weight excluding hydrogens is 379 g/mol. The van der Waals surface area contributed by atoms with Gasteiger partial charge in [-0.2, -0.15) is 0 Å². The zero-order chi connectivity index (χ0) is 14.8. The molecule has 0 aromatic carbocycles. The third-order valence-electron chi connectivity index (χ3n) is 3.67. The molecule has 5 nitrogen and oxygen atoms in total. The number of halogens is 1. The van der Waals surface area contributed by atoms with E-state index in [1.54, 1.807) is 0 Å². The molecule has 1 aliphatic rings. The van der Waals surface area contributed by atoms with Gasteiger partial charge in [0.05, 0.1) is 6.54 Å². The highest BCUT2D eigenvalue weighted by Crippen LogP contribution is 2.17. The van der Waals surface area contributed by atoms with Gasteiger partial charge in [0, 0.05) is 25.0 Å². The minimum absolute atomic E-state index is 0. The number of hydrogen-bond donors (Lipinski definition) is 3. The number of amides is 1. The smallest absolute Gasteiger partial charge is 0.222 e. The SMILES string of the molecule is CCNC(=NCCC(=O)NC1CCCC1)NC(C)CC.I. The van der Waals surface area contributed by atoms with E-state index in [2.05, 4.69) is 34.8 Å². The van der Waals surface area contributed by atoms with E-state index in [1.807, 2.05) is 6.92 Å². The summed E-state index contributed by atoms with van der Waals surface area (Å²) in [5.41, 5.74) is 0. The molecule has 124 valence electrons. The molecular formula is C15H31IN4O. The lowest BCUT2D eigenvalue weighted by atomic mass is 10.2. The van der Waals surface area contributed by atoms with Crippen LogP contribution in [0.2, 0.25) is 0 Å². The molecule has 1 amide bonds. The summed E-state index contributed by atoms with van der Waals surface area (Å²) < 4.78 is 0. The summed E-state index contributed by atoms with van der Waals surface area (Å²) in [6.45, 7) is 7.66. The maximum absolute atomic E-state index is 11.8. The molecule has 0 radical (unpaired) electrons. The van der Waals surface area contributed by atoms with Crippen molar-refractivity contribution < 1.29 is 4.79 Å². The van der Waals surface area contributed by atoms with Crippen molar-refractivity contribution in [3.8, 4) is 0 Å². The fraction of sp³-hybridized carbons (Fsp3) is 0.867. The molecule has 1 fully saturated rings. The highest BCUT2D eigenvalue weighted by atomic mass is 127. The van der Waals surface area contributed by atoms with Gasteiger partial charge < -0.3 is 16.0 Å². The minimum atomic E-state index is 0. The van der Waals surface area contributed by atoms with Crippen LogP contribution in [0.3, 0.4) is 0 Å². The van der Waals surface area contributed by atoms with E-state index >= 15 is 0 Å². The molecule has 1 unspecified atom stereocenters. The standard InChI is InChI=1S/C15H30N4O.HI/c1-4-12(3)18-15(16-5-2)17-11-10-14(20)19-13-8-6-7-9-13;/h12-13H,4-11H2,1-3H3,(H,19,20)(H2,16,17,18);1H. The van der Waals surface area contributed by atoms with Gasteiger partial charge in [-0.3, -0.25) is 9.79 Å². The first kappa shape index (κ1) is 20.5. The molecule has 3 N–H and O–H groups in total. The summed E-state index contributed by atoms with van der Waals surface area (Å²) in [4.78, 5) is 16.2. The Labute approximate surface area is 146 Å². The number of hydrogen-bond acceptors (Lipinski definition) is 2. The zero-order valence-corrected chi connectivity index (χ0v) is 15.9. The second kappa shape index (κ2) is 12.1. The number of carbonyl (C=O) groups is 1. The highest BCUT2D eigenvalue weighted by molar-refractivity contribution is 14.0. The molecule has 21 heavy (non-hydrogen) atoms. The van der Waals surface area contributed by atoms with Crippen LogP contribution in [0.4, 0.5) is 0 Å². The summed E-state index contributed by atoms with van der Waals surface area (Å²) in [6, 6.07) is 0.790. The van der Waals surface area contributed by atoms with E-state index in [9.17, 15) is 4.79 Å². The van der Waals surface area contributed by atoms with Crippen LogP contribution < -0.4 is 16.0 Å². The number of aliphatic imine (C=N–C) groups is 1. The Morgan fingerprint density at radius 3 is 2.52 bits per heavy atom. The maximum atomic E-state index is 11.8. The van der Waals surface area contributed by atoms with Crippen LogP contribution in [-0.2, 0) is 4.79 Å². The Morgan fingerprint density at radius 2 is 1.95 bits per heavy atom. The Balaban J connectivity index is 0.00000400. The minimum Gasteiger partial charge on any atom is -0.357 e. The van der Waals surface area contributed by atoms with Crippen LogP contribution in [0.25, 0.3) is 0 Å². The van der Waals surface area contributed by atoms with Gasteiger partial charge in [-0.25, -0.2) is 0 Å². The topological polar surface area (TPSA) is 65.5 Å². The summed E-state index contributed by atoms with van der Waals surface area (Å²) in [5.74, 6) is 0.926. The second-order valence-corrected chi connectivity index (χ2v) is 5.51. The van der Waals surface area contributed by atoms with Crippen LogP contribution in [0, 0.1) is 0 Å². The molecule has 1 rings (SSSR count). The maximum Gasteiger partial charge on any atom is 0.222 e. The molecule has 6 heteroatoms. The lowest BCUT2D eigenvalue weighted by molar-refractivity contribution is -0.121. The quantitative estimate of drug-likeness (QED) is 0.343. The molecule has 0 saturated heterocycles. The van der Waals surface area contributed by atoms with Crippen molar-refractivity contribution in [1.82, 2.24) is 16.0 Å². The molecule has 1 saturated carbocycles. The molecule has 0 spiro atoms. The van der Waals surface area contributed by atoms with E-state index in [-0.39, 0.29) is 29.9 Å². The van der Waals surface area contributed by atoms with E-state index < -0.39 is 0 Å². The average molecular weight is 410 g/mol. The Kier molecular flexibility index (Phi) is 11.8. The van der Waals surface area contributed by atoms with Crippen molar-refractivity contribution in [2.75, 3.05) is 13.1 Å². The number of carbonyl (C=O) groups excluding carboxylic acids is 1. The van der Waals surface area contributed by atoms with E-state index in [0.717, 1.165) is 31.8 Å². The predicted molar refractivity (Wildman–Crippen MR) is 99.3 cm³/mol. The fourth-order valence-electron chi connectivity index (χ4n) is 2.29. The largest absolute Gasteiger partial charge is 0.357 e. The first-order valence-electron chi connectivity index (χ1n) is 7.99. The summed E-state index contributed by atoms with van der Waals surface area (Å²) >= 11 is 0. The van der Waals surface area contributed by atoms with Gasteiger partial charge in [-0.05, 0) is 33.1 Å². The van der Waals surface area contributed by atoms with Crippen molar-refractivity contribution in [3.63, 3.8) is 0 Å². The third-order valence-corrected chi connectivity index (χ3v) is 3.67. The first-order chi connectivity index (χ1) is 9.65. The van der Waals surface area contributed by atoms with Crippen LogP contribution in [0.1, 0.15) is 59.3 Å².